The fourth-order valence-electron chi connectivity index (χ4n) is 0.882. The lowest BCUT2D eigenvalue weighted by molar-refractivity contribution is 0.0532. The minimum absolute atomic E-state index is 0.379. The molecule has 3 N–H and O–H groups in total. The van der Waals surface area contributed by atoms with E-state index < -0.39 is 11.7 Å². The van der Waals surface area contributed by atoms with E-state index in [1.54, 1.807) is 12.5 Å². The molecule has 0 bridgehead atoms. The van der Waals surface area contributed by atoms with E-state index >= 15 is 0 Å². The van der Waals surface area contributed by atoms with E-state index in [1.807, 2.05) is 34.6 Å². The normalized spacial score (nSPS) is 13.2. The average molecular weight is 256 g/mol. The fourth-order valence-corrected chi connectivity index (χ4v) is 0.882. The van der Waals surface area contributed by atoms with E-state index in [-0.39, 0.29) is 0 Å². The molecule has 0 aromatic heterocycles. The molecule has 0 rings (SSSR count). The Morgan fingerprint density at radius 2 is 1.78 bits per heavy atom. The molecule has 104 valence electrons. The van der Waals surface area contributed by atoms with E-state index in [9.17, 15) is 4.79 Å². The monoisotopic (exact) mass is 256 g/mol. The average Bonchev–Trinajstić information content (AvgIpc) is 2.23. The zero-order valence-electron chi connectivity index (χ0n) is 11.9. The molecule has 0 aromatic rings. The molecular formula is C13H24N2O3. The van der Waals surface area contributed by atoms with Crippen molar-refractivity contribution in [3.8, 4) is 0 Å². The van der Waals surface area contributed by atoms with E-state index in [0.717, 1.165) is 11.1 Å². The largest absolute Gasteiger partial charge is 0.473 e. The van der Waals surface area contributed by atoms with Crippen molar-refractivity contribution >= 4 is 6.09 Å². The summed E-state index contributed by atoms with van der Waals surface area (Å²) in [6, 6.07) is 0. The van der Waals surface area contributed by atoms with Crippen molar-refractivity contribution < 1.29 is 14.3 Å². The Morgan fingerprint density at radius 3 is 2.28 bits per heavy atom. The van der Waals surface area contributed by atoms with Crippen LogP contribution in [0.1, 0.15) is 34.6 Å². The van der Waals surface area contributed by atoms with Gasteiger partial charge in [-0.3, -0.25) is 0 Å². The summed E-state index contributed by atoms with van der Waals surface area (Å²) in [4.78, 5) is 11.4. The maximum atomic E-state index is 11.4. The highest BCUT2D eigenvalue weighted by molar-refractivity contribution is 5.67. The lowest BCUT2D eigenvalue weighted by Gasteiger charge is -2.19. The van der Waals surface area contributed by atoms with E-state index in [4.69, 9.17) is 15.2 Å². The lowest BCUT2D eigenvalue weighted by Crippen LogP contribution is -2.33. The number of amides is 1. The molecule has 0 saturated heterocycles. The summed E-state index contributed by atoms with van der Waals surface area (Å²) in [5, 5.41) is 2.64. The highest BCUT2D eigenvalue weighted by Crippen LogP contribution is 2.06. The third kappa shape index (κ3) is 9.72. The molecule has 0 unspecified atom stereocenters. The molecule has 1 amide bonds. The quantitative estimate of drug-likeness (QED) is 0.740. The number of nitrogens with one attached hydrogen (secondary N) is 1. The number of alkyl carbamates (subject to hydrolysis) is 1. The third-order valence-corrected chi connectivity index (χ3v) is 1.77. The number of carbonyl (C=O) groups excluding carboxylic acids is 1. The summed E-state index contributed by atoms with van der Waals surface area (Å²) >= 11 is 0. The van der Waals surface area contributed by atoms with E-state index in [1.165, 1.54) is 0 Å². The molecular weight excluding hydrogens is 232 g/mol. The summed E-state index contributed by atoms with van der Waals surface area (Å²) < 4.78 is 10.3. The van der Waals surface area contributed by atoms with Crippen LogP contribution in [0.5, 0.6) is 0 Å². The second-order valence-corrected chi connectivity index (χ2v) is 5.12. The zero-order valence-corrected chi connectivity index (χ0v) is 11.9. The Bertz CT molecular complexity index is 328. The van der Waals surface area contributed by atoms with Crippen LogP contribution in [0, 0.1) is 0 Å². The standard InChI is InChI=1S/C13H24N2O3/c1-10(6-14)8-17-9-11(2)7-15-12(16)18-13(3,4)5/h8-9H,6-7,14H2,1-5H3,(H,15,16)/b10-8+,11-9+. The first-order valence-electron chi connectivity index (χ1n) is 5.88. The molecule has 0 aliphatic heterocycles. The Morgan fingerprint density at radius 1 is 1.22 bits per heavy atom. The van der Waals surface area contributed by atoms with Gasteiger partial charge in [-0.15, -0.1) is 0 Å². The fraction of sp³-hybridized carbons (Fsp3) is 0.615. The minimum Gasteiger partial charge on any atom is -0.473 e. The first kappa shape index (κ1) is 16.5. The molecule has 0 fully saturated rings. The number of hydrogen-bond donors (Lipinski definition) is 2. The van der Waals surface area contributed by atoms with Gasteiger partial charge in [-0.25, -0.2) is 4.79 Å². The first-order chi connectivity index (χ1) is 8.24. The van der Waals surface area contributed by atoms with Crippen LogP contribution in [0.3, 0.4) is 0 Å². The van der Waals surface area contributed by atoms with Crippen LogP contribution in [-0.4, -0.2) is 24.8 Å². The molecule has 0 aliphatic carbocycles. The topological polar surface area (TPSA) is 73.6 Å². The summed E-state index contributed by atoms with van der Waals surface area (Å²) in [5.41, 5.74) is 6.74. The molecule has 0 radical (unpaired) electrons. The molecule has 0 heterocycles. The number of carbonyl (C=O) groups is 1. The predicted molar refractivity (Wildman–Crippen MR) is 71.9 cm³/mol. The lowest BCUT2D eigenvalue weighted by atomic mass is 10.2. The summed E-state index contributed by atoms with van der Waals surface area (Å²) in [6.45, 7) is 10.0. The van der Waals surface area contributed by atoms with Gasteiger partial charge in [-0.05, 0) is 45.8 Å². The molecule has 0 saturated carbocycles. The van der Waals surface area contributed by atoms with Gasteiger partial charge < -0.3 is 20.5 Å². The van der Waals surface area contributed by atoms with Crippen molar-refractivity contribution in [1.82, 2.24) is 5.32 Å². The molecule has 0 spiro atoms. The van der Waals surface area contributed by atoms with Crippen molar-refractivity contribution in [3.05, 3.63) is 23.7 Å². The second kappa shape index (κ2) is 7.76. The number of rotatable bonds is 5. The Balaban J connectivity index is 3.99. The van der Waals surface area contributed by atoms with Crippen LogP contribution in [0.4, 0.5) is 4.79 Å². The third-order valence-electron chi connectivity index (χ3n) is 1.77. The van der Waals surface area contributed by atoms with Gasteiger partial charge in [0.05, 0.1) is 12.5 Å². The van der Waals surface area contributed by atoms with Gasteiger partial charge in [0.15, 0.2) is 0 Å². The van der Waals surface area contributed by atoms with Crippen LogP contribution < -0.4 is 11.1 Å². The van der Waals surface area contributed by atoms with Crippen LogP contribution >= 0.6 is 0 Å². The van der Waals surface area contributed by atoms with Crippen molar-refractivity contribution in [2.75, 3.05) is 13.1 Å². The van der Waals surface area contributed by atoms with Crippen LogP contribution in [0.2, 0.25) is 0 Å². The van der Waals surface area contributed by atoms with Crippen molar-refractivity contribution in [2.24, 2.45) is 5.73 Å². The molecule has 18 heavy (non-hydrogen) atoms. The van der Waals surface area contributed by atoms with Crippen molar-refractivity contribution in [3.63, 3.8) is 0 Å². The van der Waals surface area contributed by atoms with Gasteiger partial charge in [0.2, 0.25) is 0 Å². The maximum Gasteiger partial charge on any atom is 0.407 e. The Labute approximate surface area is 109 Å². The first-order valence-corrected chi connectivity index (χ1v) is 5.88. The zero-order chi connectivity index (χ0) is 14.2. The number of nitrogens with two attached hydrogens (primary N) is 1. The van der Waals surface area contributed by atoms with Gasteiger partial charge in [-0.2, -0.15) is 0 Å². The van der Waals surface area contributed by atoms with Gasteiger partial charge in [-0.1, -0.05) is 0 Å². The second-order valence-electron chi connectivity index (χ2n) is 5.12. The van der Waals surface area contributed by atoms with Crippen LogP contribution in [0.25, 0.3) is 0 Å². The maximum absolute atomic E-state index is 11.4. The van der Waals surface area contributed by atoms with Gasteiger partial charge in [0.25, 0.3) is 0 Å². The molecule has 0 aliphatic rings. The van der Waals surface area contributed by atoms with Gasteiger partial charge >= 0.3 is 6.09 Å². The predicted octanol–water partition coefficient (Wildman–Crippen LogP) is 2.29. The summed E-state index contributed by atoms with van der Waals surface area (Å²) in [5.74, 6) is 0. The highest BCUT2D eigenvalue weighted by Gasteiger charge is 2.15. The molecule has 0 atom stereocenters. The molecule has 0 aromatic carbocycles. The molecule has 5 heteroatoms. The smallest absolute Gasteiger partial charge is 0.407 e. The van der Waals surface area contributed by atoms with Crippen molar-refractivity contribution in [1.29, 1.82) is 0 Å². The SMILES string of the molecule is C/C(=C\O/C=C(\C)CNC(=O)OC(C)(C)C)CN. The van der Waals surface area contributed by atoms with Crippen LogP contribution in [-0.2, 0) is 9.47 Å². The minimum atomic E-state index is -0.487. The van der Waals surface area contributed by atoms with Crippen molar-refractivity contribution in [2.45, 2.75) is 40.2 Å². The molecule has 5 nitrogen and oxygen atoms in total. The van der Waals surface area contributed by atoms with Gasteiger partial charge in [0.1, 0.15) is 5.60 Å². The Kier molecular flexibility index (Phi) is 7.12. The van der Waals surface area contributed by atoms with E-state index in [2.05, 4.69) is 5.32 Å². The number of hydrogen-bond acceptors (Lipinski definition) is 4. The summed E-state index contributed by atoms with van der Waals surface area (Å²) in [7, 11) is 0. The van der Waals surface area contributed by atoms with E-state index in [0.29, 0.717) is 13.1 Å². The number of ether oxygens (including phenoxy) is 2. The highest BCUT2D eigenvalue weighted by atomic mass is 16.6. The van der Waals surface area contributed by atoms with Crippen LogP contribution in [0.15, 0.2) is 23.7 Å². The Hall–Kier alpha value is -1.49. The summed E-state index contributed by atoms with van der Waals surface area (Å²) in [6.07, 6.45) is 2.71. The van der Waals surface area contributed by atoms with Gasteiger partial charge in [0, 0.05) is 13.1 Å².